The molecule has 1 unspecified atom stereocenters. The van der Waals surface area contributed by atoms with Gasteiger partial charge in [0.15, 0.2) is 0 Å². The number of carbonyl (C=O) groups excluding carboxylic acids is 2. The van der Waals surface area contributed by atoms with Crippen LogP contribution in [0.4, 0.5) is 4.79 Å². The number of rotatable bonds is 6. The van der Waals surface area contributed by atoms with Gasteiger partial charge < -0.3 is 14.6 Å². The lowest BCUT2D eigenvalue weighted by Gasteiger charge is -2.28. The number of carboxylic acids is 1. The maximum absolute atomic E-state index is 13.5. The molecule has 0 saturated heterocycles. The van der Waals surface area contributed by atoms with Gasteiger partial charge in [-0.15, -0.1) is 0 Å². The number of imide groups is 1. The average Bonchev–Trinajstić information content (AvgIpc) is 3.04. The third-order valence-electron chi connectivity index (χ3n) is 4.88. The van der Waals surface area contributed by atoms with Gasteiger partial charge in [-0.25, -0.2) is 14.5 Å². The SMILES string of the molecule is COCCC(C(=O)O)N(C(=O)OC)C(=O)C1c2ccccc2-c2ccccc21. The summed E-state index contributed by atoms with van der Waals surface area (Å²) in [6, 6.07) is 13.4. The molecule has 2 aromatic rings. The van der Waals surface area contributed by atoms with Gasteiger partial charge in [-0.1, -0.05) is 48.5 Å². The summed E-state index contributed by atoms with van der Waals surface area (Å²) in [5.41, 5.74) is 3.26. The van der Waals surface area contributed by atoms with Crippen LogP contribution in [0.15, 0.2) is 48.5 Å². The summed E-state index contributed by atoms with van der Waals surface area (Å²) in [6.07, 6.45) is -1.04. The van der Waals surface area contributed by atoms with Crippen LogP contribution in [0.5, 0.6) is 0 Å². The van der Waals surface area contributed by atoms with Gasteiger partial charge in [0.2, 0.25) is 5.91 Å². The monoisotopic (exact) mass is 383 g/mol. The molecule has 0 radical (unpaired) electrons. The number of fused-ring (bicyclic) bond motifs is 3. The Bertz CT molecular complexity index is 864. The zero-order chi connectivity index (χ0) is 20.3. The Labute approximate surface area is 162 Å². The zero-order valence-electron chi connectivity index (χ0n) is 15.6. The van der Waals surface area contributed by atoms with Gasteiger partial charge in [-0.2, -0.15) is 0 Å². The van der Waals surface area contributed by atoms with Crippen LogP contribution in [-0.2, 0) is 19.1 Å². The number of benzene rings is 2. The van der Waals surface area contributed by atoms with Crippen molar-refractivity contribution < 1.29 is 29.0 Å². The van der Waals surface area contributed by atoms with E-state index in [1.807, 2.05) is 48.5 Å². The summed E-state index contributed by atoms with van der Waals surface area (Å²) >= 11 is 0. The predicted molar refractivity (Wildman–Crippen MR) is 101 cm³/mol. The maximum atomic E-state index is 13.5. The number of ether oxygens (including phenoxy) is 2. The molecule has 0 heterocycles. The molecule has 2 amide bonds. The molecule has 0 aromatic heterocycles. The Morgan fingerprint density at radius 1 is 1.00 bits per heavy atom. The van der Waals surface area contributed by atoms with Crippen LogP contribution in [0, 0.1) is 0 Å². The van der Waals surface area contributed by atoms with Gasteiger partial charge in [-0.3, -0.25) is 4.79 Å². The van der Waals surface area contributed by atoms with Crippen molar-refractivity contribution in [3.8, 4) is 11.1 Å². The maximum Gasteiger partial charge on any atom is 0.417 e. The number of hydrogen-bond donors (Lipinski definition) is 1. The fourth-order valence-electron chi connectivity index (χ4n) is 3.62. The Morgan fingerprint density at radius 2 is 1.54 bits per heavy atom. The minimum absolute atomic E-state index is 0.0390. The Morgan fingerprint density at radius 3 is 2.00 bits per heavy atom. The third-order valence-corrected chi connectivity index (χ3v) is 4.88. The van der Waals surface area contributed by atoms with Crippen LogP contribution in [-0.4, -0.2) is 54.8 Å². The molecule has 1 aliphatic carbocycles. The Hall–Kier alpha value is -3.19. The van der Waals surface area contributed by atoms with Crippen molar-refractivity contribution in [3.05, 3.63) is 59.7 Å². The molecule has 7 heteroatoms. The number of methoxy groups -OCH3 is 2. The standard InChI is InChI=1S/C21H21NO6/c1-27-12-11-17(20(24)25)22(21(26)28-2)19(23)18-15-9-5-3-7-13(15)14-8-4-6-10-16(14)18/h3-10,17-18H,11-12H2,1-2H3,(H,24,25). The molecule has 0 fully saturated rings. The highest BCUT2D eigenvalue weighted by Gasteiger charge is 2.43. The number of carbonyl (C=O) groups is 3. The molecule has 2 aromatic carbocycles. The number of nitrogens with zero attached hydrogens (tertiary/aromatic N) is 1. The van der Waals surface area contributed by atoms with Crippen molar-refractivity contribution in [3.63, 3.8) is 0 Å². The van der Waals surface area contributed by atoms with E-state index in [9.17, 15) is 19.5 Å². The molecule has 146 valence electrons. The first-order valence-corrected chi connectivity index (χ1v) is 8.82. The van der Waals surface area contributed by atoms with Crippen molar-refractivity contribution in [1.29, 1.82) is 0 Å². The topological polar surface area (TPSA) is 93.1 Å². The summed E-state index contributed by atoms with van der Waals surface area (Å²) < 4.78 is 9.69. The van der Waals surface area contributed by atoms with E-state index in [0.29, 0.717) is 4.90 Å². The molecule has 7 nitrogen and oxygen atoms in total. The fraction of sp³-hybridized carbons (Fsp3) is 0.286. The van der Waals surface area contributed by atoms with E-state index < -0.39 is 29.9 Å². The molecule has 0 spiro atoms. The predicted octanol–water partition coefficient (Wildman–Crippen LogP) is 2.88. The third kappa shape index (κ3) is 3.36. The number of amides is 2. The van der Waals surface area contributed by atoms with Crippen molar-refractivity contribution in [2.75, 3.05) is 20.8 Å². The van der Waals surface area contributed by atoms with E-state index in [-0.39, 0.29) is 13.0 Å². The second kappa shape index (κ2) is 8.22. The molecule has 1 aliphatic rings. The summed E-state index contributed by atoms with van der Waals surface area (Å²) in [5.74, 6) is -2.71. The van der Waals surface area contributed by atoms with Gasteiger partial charge in [0, 0.05) is 20.1 Å². The van der Waals surface area contributed by atoms with Crippen LogP contribution in [0.1, 0.15) is 23.5 Å². The fourth-order valence-corrected chi connectivity index (χ4v) is 3.62. The van der Waals surface area contributed by atoms with Crippen LogP contribution >= 0.6 is 0 Å². The van der Waals surface area contributed by atoms with Crippen molar-refractivity contribution >= 4 is 18.0 Å². The number of aliphatic carboxylic acids is 1. The van der Waals surface area contributed by atoms with Crippen molar-refractivity contribution in [1.82, 2.24) is 4.90 Å². The summed E-state index contributed by atoms with van der Waals surface area (Å²) in [4.78, 5) is 38.4. The lowest BCUT2D eigenvalue weighted by atomic mass is 9.94. The van der Waals surface area contributed by atoms with Crippen LogP contribution in [0.25, 0.3) is 11.1 Å². The molecule has 28 heavy (non-hydrogen) atoms. The first-order chi connectivity index (χ1) is 13.5. The molecule has 1 N–H and O–H groups in total. The molecule has 0 bridgehead atoms. The number of carboxylic acid groups (broad SMARTS) is 1. The summed E-state index contributed by atoms with van der Waals surface area (Å²) in [7, 11) is 2.54. The largest absolute Gasteiger partial charge is 0.480 e. The highest BCUT2D eigenvalue weighted by atomic mass is 16.5. The minimum atomic E-state index is -1.39. The molecular formula is C21H21NO6. The van der Waals surface area contributed by atoms with E-state index >= 15 is 0 Å². The summed E-state index contributed by atoms with van der Waals surface area (Å²) in [5, 5.41) is 9.64. The molecule has 0 aliphatic heterocycles. The molecule has 1 atom stereocenters. The zero-order valence-corrected chi connectivity index (χ0v) is 15.6. The first kappa shape index (κ1) is 19.6. The second-order valence-corrected chi connectivity index (χ2v) is 6.42. The molecular weight excluding hydrogens is 362 g/mol. The minimum Gasteiger partial charge on any atom is -0.480 e. The van der Waals surface area contributed by atoms with E-state index in [2.05, 4.69) is 0 Å². The molecule has 3 rings (SSSR count). The van der Waals surface area contributed by atoms with Crippen molar-refractivity contribution in [2.24, 2.45) is 0 Å². The van der Waals surface area contributed by atoms with Gasteiger partial charge >= 0.3 is 12.1 Å². The summed E-state index contributed by atoms with van der Waals surface area (Å²) in [6.45, 7) is 0.0789. The van der Waals surface area contributed by atoms with E-state index in [1.54, 1.807) is 0 Å². The highest BCUT2D eigenvalue weighted by Crippen LogP contribution is 2.45. The normalized spacial score (nSPS) is 13.4. The lowest BCUT2D eigenvalue weighted by Crippen LogP contribution is -2.50. The van der Waals surface area contributed by atoms with Crippen LogP contribution in [0.2, 0.25) is 0 Å². The second-order valence-electron chi connectivity index (χ2n) is 6.42. The van der Waals surface area contributed by atoms with E-state index in [0.717, 1.165) is 29.4 Å². The van der Waals surface area contributed by atoms with Crippen LogP contribution < -0.4 is 0 Å². The van der Waals surface area contributed by atoms with Gasteiger partial charge in [0.25, 0.3) is 0 Å². The van der Waals surface area contributed by atoms with Gasteiger partial charge in [-0.05, 0) is 22.3 Å². The number of hydrogen-bond acceptors (Lipinski definition) is 5. The van der Waals surface area contributed by atoms with Gasteiger partial charge in [0.1, 0.15) is 6.04 Å². The average molecular weight is 383 g/mol. The Kier molecular flexibility index (Phi) is 5.75. The Balaban J connectivity index is 2.08. The smallest absolute Gasteiger partial charge is 0.417 e. The molecule has 0 saturated carbocycles. The highest BCUT2D eigenvalue weighted by molar-refractivity contribution is 6.04. The quantitative estimate of drug-likeness (QED) is 0.824. The van der Waals surface area contributed by atoms with Gasteiger partial charge in [0.05, 0.1) is 13.0 Å². The van der Waals surface area contributed by atoms with Crippen LogP contribution in [0.3, 0.4) is 0 Å². The van der Waals surface area contributed by atoms with E-state index in [1.165, 1.54) is 7.11 Å². The van der Waals surface area contributed by atoms with Crippen molar-refractivity contribution in [2.45, 2.75) is 18.4 Å². The lowest BCUT2D eigenvalue weighted by molar-refractivity contribution is -0.149. The van der Waals surface area contributed by atoms with E-state index in [4.69, 9.17) is 9.47 Å². The first-order valence-electron chi connectivity index (χ1n) is 8.82.